The van der Waals surface area contributed by atoms with Crippen LogP contribution in [0.3, 0.4) is 0 Å². The standard InChI is InChI=1S/C18H20O2/c1-3-14(2)20-18-12-11-15-8-4-5-9-16(15)17(18)10-6-7-13-19/h4-5,8-9,11-12,14,19H,3,7,13H2,1-2H3. The molecular formula is C18H20O2. The van der Waals surface area contributed by atoms with Gasteiger partial charge in [0.2, 0.25) is 0 Å². The van der Waals surface area contributed by atoms with Gasteiger partial charge in [0.25, 0.3) is 0 Å². The van der Waals surface area contributed by atoms with E-state index in [1.54, 1.807) is 0 Å². The molecular weight excluding hydrogens is 248 g/mol. The van der Waals surface area contributed by atoms with Gasteiger partial charge < -0.3 is 9.84 Å². The second-order valence-corrected chi connectivity index (χ2v) is 4.77. The highest BCUT2D eigenvalue weighted by atomic mass is 16.5. The summed E-state index contributed by atoms with van der Waals surface area (Å²) in [5.41, 5.74) is 0.914. The van der Waals surface area contributed by atoms with Crippen LogP contribution in [-0.2, 0) is 0 Å². The molecule has 0 fully saturated rings. The lowest BCUT2D eigenvalue weighted by Gasteiger charge is -2.15. The number of rotatable bonds is 4. The minimum atomic E-state index is 0.0827. The van der Waals surface area contributed by atoms with E-state index in [1.165, 1.54) is 0 Å². The molecule has 0 aliphatic heterocycles. The zero-order chi connectivity index (χ0) is 14.4. The van der Waals surface area contributed by atoms with Crippen LogP contribution in [0, 0.1) is 11.8 Å². The summed E-state index contributed by atoms with van der Waals surface area (Å²) in [6.45, 7) is 4.24. The van der Waals surface area contributed by atoms with Gasteiger partial charge >= 0.3 is 0 Å². The Kier molecular flexibility index (Phi) is 5.03. The van der Waals surface area contributed by atoms with Crippen LogP contribution in [0.4, 0.5) is 0 Å². The maximum atomic E-state index is 8.88. The number of hydrogen-bond acceptors (Lipinski definition) is 2. The lowest BCUT2D eigenvalue weighted by molar-refractivity contribution is 0.217. The van der Waals surface area contributed by atoms with Gasteiger partial charge in [-0.05, 0) is 24.8 Å². The molecule has 0 aliphatic carbocycles. The Morgan fingerprint density at radius 1 is 1.20 bits per heavy atom. The van der Waals surface area contributed by atoms with E-state index in [1.807, 2.05) is 18.2 Å². The van der Waals surface area contributed by atoms with Crippen LogP contribution in [0.5, 0.6) is 5.75 Å². The fourth-order valence-corrected chi connectivity index (χ4v) is 1.99. The Labute approximate surface area is 120 Å². The monoisotopic (exact) mass is 268 g/mol. The van der Waals surface area contributed by atoms with Gasteiger partial charge in [-0.3, -0.25) is 0 Å². The Morgan fingerprint density at radius 2 is 2.00 bits per heavy atom. The molecule has 2 rings (SSSR count). The predicted molar refractivity (Wildman–Crippen MR) is 82.9 cm³/mol. The molecule has 2 heteroatoms. The Bertz CT molecular complexity index is 635. The highest BCUT2D eigenvalue weighted by Gasteiger charge is 2.09. The average molecular weight is 268 g/mol. The predicted octanol–water partition coefficient (Wildman–Crippen LogP) is 3.75. The van der Waals surface area contributed by atoms with Crippen molar-refractivity contribution in [1.82, 2.24) is 0 Å². The van der Waals surface area contributed by atoms with E-state index in [0.717, 1.165) is 28.5 Å². The third-order valence-corrected chi connectivity index (χ3v) is 3.24. The Morgan fingerprint density at radius 3 is 2.75 bits per heavy atom. The largest absolute Gasteiger partial charge is 0.489 e. The van der Waals surface area contributed by atoms with Gasteiger partial charge in [-0.15, -0.1) is 0 Å². The summed E-state index contributed by atoms with van der Waals surface area (Å²) >= 11 is 0. The van der Waals surface area contributed by atoms with E-state index in [4.69, 9.17) is 9.84 Å². The number of aliphatic hydroxyl groups excluding tert-OH is 1. The molecule has 20 heavy (non-hydrogen) atoms. The van der Waals surface area contributed by atoms with Crippen molar-refractivity contribution in [3.63, 3.8) is 0 Å². The Balaban J connectivity index is 2.50. The van der Waals surface area contributed by atoms with Crippen LogP contribution in [0.2, 0.25) is 0 Å². The fraction of sp³-hybridized carbons (Fsp3) is 0.333. The molecule has 0 aromatic heterocycles. The first-order valence-electron chi connectivity index (χ1n) is 7.04. The van der Waals surface area contributed by atoms with E-state index in [-0.39, 0.29) is 12.7 Å². The number of hydrogen-bond donors (Lipinski definition) is 1. The van der Waals surface area contributed by atoms with Crippen molar-refractivity contribution in [1.29, 1.82) is 0 Å². The first kappa shape index (κ1) is 14.4. The minimum Gasteiger partial charge on any atom is -0.489 e. The molecule has 1 unspecified atom stereocenters. The third-order valence-electron chi connectivity index (χ3n) is 3.24. The molecule has 0 spiro atoms. The van der Waals surface area contributed by atoms with Crippen LogP contribution < -0.4 is 4.74 Å². The molecule has 0 saturated heterocycles. The molecule has 0 heterocycles. The van der Waals surface area contributed by atoms with Crippen LogP contribution in [0.1, 0.15) is 32.3 Å². The van der Waals surface area contributed by atoms with E-state index < -0.39 is 0 Å². The smallest absolute Gasteiger partial charge is 0.135 e. The van der Waals surface area contributed by atoms with Crippen molar-refractivity contribution < 1.29 is 9.84 Å². The molecule has 104 valence electrons. The third kappa shape index (κ3) is 3.31. The Hall–Kier alpha value is -1.98. The van der Waals surface area contributed by atoms with Crippen LogP contribution in [-0.4, -0.2) is 17.8 Å². The number of fused-ring (bicyclic) bond motifs is 1. The lowest BCUT2D eigenvalue weighted by atomic mass is 10.0. The van der Waals surface area contributed by atoms with Crippen molar-refractivity contribution in [2.45, 2.75) is 32.8 Å². The first-order chi connectivity index (χ1) is 9.76. The second-order valence-electron chi connectivity index (χ2n) is 4.77. The van der Waals surface area contributed by atoms with Gasteiger partial charge in [0.1, 0.15) is 5.75 Å². The van der Waals surface area contributed by atoms with Gasteiger partial charge in [0.05, 0.1) is 18.3 Å². The van der Waals surface area contributed by atoms with Gasteiger partial charge in [-0.25, -0.2) is 0 Å². The highest BCUT2D eigenvalue weighted by Crippen LogP contribution is 2.28. The number of aliphatic hydroxyl groups is 1. The van der Waals surface area contributed by atoms with Crippen molar-refractivity contribution in [3.05, 3.63) is 42.0 Å². The van der Waals surface area contributed by atoms with Crippen molar-refractivity contribution in [2.24, 2.45) is 0 Å². The maximum absolute atomic E-state index is 8.88. The second kappa shape index (κ2) is 6.98. The molecule has 2 nitrogen and oxygen atoms in total. The van der Waals surface area contributed by atoms with Crippen molar-refractivity contribution in [2.75, 3.05) is 6.61 Å². The average Bonchev–Trinajstić information content (AvgIpc) is 2.49. The maximum Gasteiger partial charge on any atom is 0.135 e. The molecule has 0 amide bonds. The van der Waals surface area contributed by atoms with Gasteiger partial charge in [0, 0.05) is 11.8 Å². The van der Waals surface area contributed by atoms with E-state index >= 15 is 0 Å². The van der Waals surface area contributed by atoms with E-state index in [9.17, 15) is 0 Å². The molecule has 0 radical (unpaired) electrons. The minimum absolute atomic E-state index is 0.0827. The van der Waals surface area contributed by atoms with Gasteiger partial charge in [-0.2, -0.15) is 0 Å². The quantitative estimate of drug-likeness (QED) is 0.856. The topological polar surface area (TPSA) is 29.5 Å². The SMILES string of the molecule is CCC(C)Oc1ccc2ccccc2c1C#CCCO. The summed E-state index contributed by atoms with van der Waals surface area (Å²) in [7, 11) is 0. The molecule has 1 atom stereocenters. The van der Waals surface area contributed by atoms with E-state index in [0.29, 0.717) is 6.42 Å². The summed E-state index contributed by atoms with van der Waals surface area (Å²) in [5, 5.41) is 11.1. The summed E-state index contributed by atoms with van der Waals surface area (Å²) in [6, 6.07) is 12.2. The zero-order valence-electron chi connectivity index (χ0n) is 12.0. The number of benzene rings is 2. The molecule has 1 N–H and O–H groups in total. The van der Waals surface area contributed by atoms with Gasteiger partial charge in [0.15, 0.2) is 0 Å². The first-order valence-corrected chi connectivity index (χ1v) is 7.04. The molecule has 2 aromatic rings. The van der Waals surface area contributed by atoms with Crippen LogP contribution >= 0.6 is 0 Å². The summed E-state index contributed by atoms with van der Waals surface area (Å²) in [4.78, 5) is 0. The normalized spacial score (nSPS) is 11.8. The fourth-order valence-electron chi connectivity index (χ4n) is 1.99. The summed E-state index contributed by atoms with van der Waals surface area (Å²) in [6.07, 6.45) is 1.59. The zero-order valence-corrected chi connectivity index (χ0v) is 12.0. The molecule has 0 saturated carbocycles. The van der Waals surface area contributed by atoms with Crippen LogP contribution in [0.25, 0.3) is 10.8 Å². The molecule has 0 bridgehead atoms. The van der Waals surface area contributed by atoms with Crippen LogP contribution in [0.15, 0.2) is 36.4 Å². The highest BCUT2D eigenvalue weighted by molar-refractivity contribution is 5.90. The van der Waals surface area contributed by atoms with Crippen molar-refractivity contribution >= 4 is 10.8 Å². The number of ether oxygens (including phenoxy) is 1. The molecule has 2 aromatic carbocycles. The van der Waals surface area contributed by atoms with Crippen molar-refractivity contribution in [3.8, 4) is 17.6 Å². The summed E-state index contributed by atoms with van der Waals surface area (Å²) < 4.78 is 5.97. The molecule has 0 aliphatic rings. The lowest BCUT2D eigenvalue weighted by Crippen LogP contribution is -2.10. The van der Waals surface area contributed by atoms with E-state index in [2.05, 4.69) is 43.9 Å². The van der Waals surface area contributed by atoms with Gasteiger partial charge in [-0.1, -0.05) is 49.1 Å². The summed E-state index contributed by atoms with van der Waals surface area (Å²) in [5.74, 6) is 6.97.